The summed E-state index contributed by atoms with van der Waals surface area (Å²) in [6, 6.07) is 0. The molecule has 15 heavy (non-hydrogen) atoms. The fraction of sp³-hybridized carbons (Fsp3) is 0.400. The van der Waals surface area contributed by atoms with Gasteiger partial charge in [0.05, 0.1) is 11.9 Å². The van der Waals surface area contributed by atoms with Crippen molar-refractivity contribution in [3.05, 3.63) is 25.3 Å². The van der Waals surface area contributed by atoms with E-state index in [4.69, 9.17) is 19.8 Å². The molecule has 0 aliphatic heterocycles. The van der Waals surface area contributed by atoms with Gasteiger partial charge in [-0.2, -0.15) is 0 Å². The summed E-state index contributed by atoms with van der Waals surface area (Å²) in [5.74, 6) is -2.46. The molecule has 4 nitrogen and oxygen atoms in total. The molecule has 0 bridgehead atoms. The van der Waals surface area contributed by atoms with Crippen molar-refractivity contribution in [1.82, 2.24) is 0 Å². The van der Waals surface area contributed by atoms with Crippen molar-refractivity contribution in [2.45, 2.75) is 26.7 Å². The van der Waals surface area contributed by atoms with Gasteiger partial charge in [-0.15, -0.1) is 0 Å². The largest absolute Gasteiger partial charge is 2.00 e. The molecule has 82 valence electrons. The quantitative estimate of drug-likeness (QED) is 0.516. The number of hydrogen-bond donors (Lipinski definition) is 0. The number of aliphatic carboxylic acids is 2. The average molecular weight is 266 g/mol. The summed E-state index contributed by atoms with van der Waals surface area (Å²) < 4.78 is 0. The monoisotopic (exact) mass is 264 g/mol. The molecule has 0 spiro atoms. The number of unbranched alkanes of at least 4 members (excludes halogenated alkanes) is 1. The van der Waals surface area contributed by atoms with Gasteiger partial charge in [0.1, 0.15) is 0 Å². The van der Waals surface area contributed by atoms with Crippen LogP contribution in [0.1, 0.15) is 26.7 Å². The third-order valence-corrected chi connectivity index (χ3v) is 0.833. The number of rotatable bonds is 3. The van der Waals surface area contributed by atoms with Crippen LogP contribution in [0.2, 0.25) is 0 Å². The normalized spacial score (nSPS) is 6.27. The Morgan fingerprint density at radius 3 is 1.13 bits per heavy atom. The number of hydrogen-bond acceptors (Lipinski definition) is 4. The van der Waals surface area contributed by atoms with E-state index in [1.165, 1.54) is 12.8 Å². The molecule has 0 N–H and O–H groups in total. The molecule has 0 rings (SSSR count). The molecule has 0 unspecified atom stereocenters. The summed E-state index contributed by atoms with van der Waals surface area (Å²) in [5.41, 5.74) is 0. The molecule has 0 aromatic rings. The van der Waals surface area contributed by atoms with E-state index in [0.717, 1.165) is 12.2 Å². The van der Waals surface area contributed by atoms with Crippen LogP contribution in [0.4, 0.5) is 0 Å². The van der Waals surface area contributed by atoms with Crippen molar-refractivity contribution in [1.29, 1.82) is 0 Å². The number of carbonyl (C=O) groups is 2. The van der Waals surface area contributed by atoms with Crippen molar-refractivity contribution >= 4 is 11.9 Å². The van der Waals surface area contributed by atoms with Gasteiger partial charge in [0.2, 0.25) is 0 Å². The minimum atomic E-state index is -1.23. The topological polar surface area (TPSA) is 80.3 Å². The zero-order chi connectivity index (χ0) is 12.0. The van der Waals surface area contributed by atoms with Gasteiger partial charge in [-0.05, 0) is 12.2 Å². The molecule has 0 aliphatic carbocycles. The summed E-state index contributed by atoms with van der Waals surface area (Å²) >= 11 is 0. The van der Waals surface area contributed by atoms with Gasteiger partial charge in [0, 0.05) is 0 Å². The molecule has 0 atom stereocenters. The van der Waals surface area contributed by atoms with E-state index in [1.807, 2.05) is 0 Å². The Bertz CT molecular complexity index is 158. The van der Waals surface area contributed by atoms with Crippen molar-refractivity contribution in [2.24, 2.45) is 0 Å². The first-order valence-electron chi connectivity index (χ1n) is 4.12. The predicted octanol–water partition coefficient (Wildman–Crippen LogP) is -0.352. The first-order chi connectivity index (χ1) is 6.45. The molecule has 0 heterocycles. The second-order valence-electron chi connectivity index (χ2n) is 2.05. The van der Waals surface area contributed by atoms with E-state index in [9.17, 15) is 0 Å². The van der Waals surface area contributed by atoms with E-state index in [0.29, 0.717) is 0 Å². The van der Waals surface area contributed by atoms with Crippen LogP contribution in [0, 0.1) is 0 Å². The van der Waals surface area contributed by atoms with Crippen LogP contribution in [0.25, 0.3) is 0 Å². The molecule has 5 heteroatoms. The summed E-state index contributed by atoms with van der Waals surface area (Å²) in [6.45, 7) is 10.2. The van der Waals surface area contributed by atoms with E-state index in [1.54, 1.807) is 0 Å². The number of carboxylic acid groups (broad SMARTS) is 2. The van der Waals surface area contributed by atoms with Gasteiger partial charge in [-0.3, -0.25) is 0 Å². The molecule has 0 radical (unpaired) electrons. The predicted molar refractivity (Wildman–Crippen MR) is 51.0 cm³/mol. The van der Waals surface area contributed by atoms with Crippen LogP contribution in [-0.2, 0) is 29.1 Å². The average Bonchev–Trinajstić information content (AvgIpc) is 2.19. The second-order valence-corrected chi connectivity index (χ2v) is 2.05. The molecule has 0 fully saturated rings. The minimum absolute atomic E-state index is 0. The summed E-state index contributed by atoms with van der Waals surface area (Å²) in [7, 11) is 0. The molecule has 0 aromatic carbocycles. The third-order valence-electron chi connectivity index (χ3n) is 0.833. The van der Waals surface area contributed by atoms with Crippen LogP contribution >= 0.6 is 0 Å². The van der Waals surface area contributed by atoms with Gasteiger partial charge >= 0.3 is 19.5 Å². The molecular formula is C10H16O4Zn. The Kier molecular flexibility index (Phi) is 36.5. The first kappa shape index (κ1) is 23.7. The van der Waals surface area contributed by atoms with Crippen LogP contribution in [0.5, 0.6) is 0 Å². The van der Waals surface area contributed by atoms with E-state index >= 15 is 0 Å². The van der Waals surface area contributed by atoms with Gasteiger partial charge < -0.3 is 19.8 Å². The molecular weight excluding hydrogens is 249 g/mol. The van der Waals surface area contributed by atoms with Gasteiger partial charge in [-0.25, -0.2) is 0 Å². The van der Waals surface area contributed by atoms with E-state index in [2.05, 4.69) is 27.0 Å². The van der Waals surface area contributed by atoms with Gasteiger partial charge in [-0.1, -0.05) is 39.8 Å². The Morgan fingerprint density at radius 2 is 1.13 bits per heavy atom. The van der Waals surface area contributed by atoms with E-state index < -0.39 is 11.9 Å². The summed E-state index contributed by atoms with van der Waals surface area (Å²) in [4.78, 5) is 18.3. The van der Waals surface area contributed by atoms with Crippen molar-refractivity contribution < 1.29 is 39.3 Å². The summed E-state index contributed by atoms with van der Waals surface area (Å²) in [5, 5.41) is 18.3. The van der Waals surface area contributed by atoms with Crippen LogP contribution in [0.3, 0.4) is 0 Å². The Morgan fingerprint density at radius 1 is 1.00 bits per heavy atom. The SMILES string of the molecule is C=CC(=O)[O-].C=CC(=O)[O-].CCCC.[Zn+2]. The number of carboxylic acids is 2. The minimum Gasteiger partial charge on any atom is -0.545 e. The molecule has 0 aliphatic rings. The van der Waals surface area contributed by atoms with Crippen LogP contribution < -0.4 is 10.2 Å². The smallest absolute Gasteiger partial charge is 0.545 e. The maximum absolute atomic E-state index is 9.14. The second kappa shape index (κ2) is 23.1. The molecule has 0 aromatic heterocycles. The van der Waals surface area contributed by atoms with Crippen LogP contribution in [0.15, 0.2) is 25.3 Å². The van der Waals surface area contributed by atoms with Gasteiger partial charge in [0.25, 0.3) is 0 Å². The maximum atomic E-state index is 9.14. The van der Waals surface area contributed by atoms with Crippen molar-refractivity contribution in [3.63, 3.8) is 0 Å². The fourth-order valence-corrected chi connectivity index (χ4v) is 0. The standard InChI is InChI=1S/C4H10.2C3H4O2.Zn/c1-3-4-2;2*1-2-3(4)5;/h3-4H2,1-2H3;2*2H,1H2,(H,4,5);/q;;;+2/p-2. The molecule has 0 amide bonds. The zero-order valence-electron chi connectivity index (χ0n) is 9.32. The Hall–Kier alpha value is -0.957. The maximum Gasteiger partial charge on any atom is 2.00 e. The molecule has 0 saturated carbocycles. The zero-order valence-corrected chi connectivity index (χ0v) is 12.3. The van der Waals surface area contributed by atoms with Gasteiger partial charge in [0.15, 0.2) is 0 Å². The van der Waals surface area contributed by atoms with Crippen LogP contribution in [-0.4, -0.2) is 11.9 Å². The summed E-state index contributed by atoms with van der Waals surface area (Å²) in [6.07, 6.45) is 4.08. The third kappa shape index (κ3) is 97.3. The number of carbonyl (C=O) groups excluding carboxylic acids is 2. The van der Waals surface area contributed by atoms with Crippen molar-refractivity contribution in [2.75, 3.05) is 0 Å². The van der Waals surface area contributed by atoms with Crippen molar-refractivity contribution in [3.8, 4) is 0 Å². The Labute approximate surface area is 103 Å². The first-order valence-corrected chi connectivity index (χ1v) is 4.12. The Balaban J connectivity index is -0.0000000590. The van der Waals surface area contributed by atoms with E-state index in [-0.39, 0.29) is 19.5 Å². The fourth-order valence-electron chi connectivity index (χ4n) is 0. The molecule has 0 saturated heterocycles.